The van der Waals surface area contributed by atoms with E-state index >= 15 is 0 Å². The number of carbonyl (C=O) groups is 2. The third-order valence-electron chi connectivity index (χ3n) is 6.96. The number of hydrogen-bond acceptors (Lipinski definition) is 5. The Morgan fingerprint density at radius 3 is 2.58 bits per heavy atom. The predicted octanol–water partition coefficient (Wildman–Crippen LogP) is 6.01. The molecule has 1 fully saturated rings. The highest BCUT2D eigenvalue weighted by atomic mass is 16.5. The molecule has 178 valence electrons. The quantitative estimate of drug-likeness (QED) is 0.265. The second-order valence-electron chi connectivity index (χ2n) is 9.44. The number of esters is 2. The Morgan fingerprint density at radius 1 is 1.06 bits per heavy atom. The number of benzene rings is 2. The van der Waals surface area contributed by atoms with E-state index in [2.05, 4.69) is 31.7 Å². The lowest BCUT2D eigenvalue weighted by Gasteiger charge is -2.45. The van der Waals surface area contributed by atoms with Crippen LogP contribution in [0.4, 0.5) is 0 Å². The van der Waals surface area contributed by atoms with Gasteiger partial charge in [0.1, 0.15) is 17.1 Å². The number of rotatable bonds is 9. The Morgan fingerprint density at radius 2 is 1.85 bits per heavy atom. The molecule has 0 bridgehead atoms. The molecule has 1 aliphatic rings. The average molecular weight is 452 g/mol. The topological polar surface area (TPSA) is 55.8 Å². The fraction of sp³-hybridized carbons (Fsp3) is 0.500. The Kier molecular flexibility index (Phi) is 8.67. The van der Waals surface area contributed by atoms with Crippen LogP contribution in [0, 0.1) is 5.92 Å². The van der Waals surface area contributed by atoms with Gasteiger partial charge >= 0.3 is 11.9 Å². The van der Waals surface area contributed by atoms with Crippen molar-refractivity contribution in [3.8, 4) is 11.5 Å². The number of nitrogens with zero attached hydrogens (tertiary/aromatic N) is 1. The predicted molar refractivity (Wildman–Crippen MR) is 131 cm³/mol. The minimum atomic E-state index is -0.538. The lowest BCUT2D eigenvalue weighted by molar-refractivity contribution is -0.131. The van der Waals surface area contributed by atoms with Crippen molar-refractivity contribution >= 4 is 11.9 Å². The summed E-state index contributed by atoms with van der Waals surface area (Å²) in [7, 11) is 0. The van der Waals surface area contributed by atoms with Gasteiger partial charge in [-0.25, -0.2) is 4.79 Å². The maximum absolute atomic E-state index is 12.8. The van der Waals surface area contributed by atoms with E-state index < -0.39 is 11.9 Å². The van der Waals surface area contributed by atoms with E-state index in [-0.39, 0.29) is 16.7 Å². The number of ether oxygens (including phenoxy) is 2. The SMILES string of the molecule is CCCCCCN1CCC(C)(c2cccc(OC(=O)c3ccccc3OC(C)=O)c2)C(C)C1. The van der Waals surface area contributed by atoms with Gasteiger partial charge in [0.15, 0.2) is 0 Å². The van der Waals surface area contributed by atoms with Crippen LogP contribution in [0.3, 0.4) is 0 Å². The highest BCUT2D eigenvalue weighted by Gasteiger charge is 2.38. The maximum Gasteiger partial charge on any atom is 0.347 e. The second kappa shape index (κ2) is 11.5. The molecule has 2 unspecified atom stereocenters. The van der Waals surface area contributed by atoms with Crippen LogP contribution in [0.1, 0.15) is 75.7 Å². The van der Waals surface area contributed by atoms with E-state index in [9.17, 15) is 9.59 Å². The lowest BCUT2D eigenvalue weighted by Crippen LogP contribution is -2.47. The molecule has 1 aliphatic heterocycles. The van der Waals surface area contributed by atoms with Crippen molar-refractivity contribution in [2.24, 2.45) is 5.92 Å². The number of carbonyl (C=O) groups excluding carboxylic acids is 2. The van der Waals surface area contributed by atoms with E-state index in [0.717, 1.165) is 19.5 Å². The molecule has 0 N–H and O–H groups in total. The number of para-hydroxylation sites is 1. The van der Waals surface area contributed by atoms with Gasteiger partial charge in [0.25, 0.3) is 0 Å². The average Bonchev–Trinajstić information content (AvgIpc) is 2.79. The first-order valence-electron chi connectivity index (χ1n) is 12.2. The molecular formula is C28H37NO4. The van der Waals surface area contributed by atoms with E-state index in [1.54, 1.807) is 30.3 Å². The molecule has 1 heterocycles. The molecule has 0 spiro atoms. The van der Waals surface area contributed by atoms with Crippen molar-refractivity contribution < 1.29 is 19.1 Å². The zero-order valence-electron chi connectivity index (χ0n) is 20.4. The van der Waals surface area contributed by atoms with Crippen LogP contribution in [0.5, 0.6) is 11.5 Å². The van der Waals surface area contributed by atoms with Gasteiger partial charge in [0.2, 0.25) is 0 Å². The van der Waals surface area contributed by atoms with Crippen LogP contribution in [0.15, 0.2) is 48.5 Å². The van der Waals surface area contributed by atoms with Crippen molar-refractivity contribution in [2.45, 2.75) is 65.2 Å². The van der Waals surface area contributed by atoms with Crippen molar-refractivity contribution in [1.29, 1.82) is 0 Å². The monoisotopic (exact) mass is 451 g/mol. The molecule has 2 atom stereocenters. The Hall–Kier alpha value is -2.66. The molecule has 33 heavy (non-hydrogen) atoms. The number of hydrogen-bond donors (Lipinski definition) is 0. The van der Waals surface area contributed by atoms with Crippen LogP contribution in [0.2, 0.25) is 0 Å². The third kappa shape index (κ3) is 6.44. The summed E-state index contributed by atoms with van der Waals surface area (Å²) >= 11 is 0. The normalized spacial score (nSPS) is 20.9. The molecule has 5 heteroatoms. The summed E-state index contributed by atoms with van der Waals surface area (Å²) in [6.07, 6.45) is 6.25. The van der Waals surface area contributed by atoms with Gasteiger partial charge in [-0.2, -0.15) is 0 Å². The number of piperidine rings is 1. The summed E-state index contributed by atoms with van der Waals surface area (Å²) < 4.78 is 10.9. The highest BCUT2D eigenvalue weighted by Crippen LogP contribution is 2.40. The summed E-state index contributed by atoms with van der Waals surface area (Å²) in [5.41, 5.74) is 1.45. The third-order valence-corrected chi connectivity index (χ3v) is 6.96. The van der Waals surface area contributed by atoms with Crippen LogP contribution in [-0.4, -0.2) is 36.5 Å². The molecule has 0 radical (unpaired) electrons. The Labute approximate surface area is 198 Å². The van der Waals surface area contributed by atoms with Gasteiger partial charge in [-0.3, -0.25) is 4.79 Å². The maximum atomic E-state index is 12.8. The summed E-state index contributed by atoms with van der Waals surface area (Å²) in [6, 6.07) is 14.5. The largest absolute Gasteiger partial charge is 0.426 e. The Balaban J connectivity index is 1.69. The lowest BCUT2D eigenvalue weighted by atomic mass is 9.68. The summed E-state index contributed by atoms with van der Waals surface area (Å²) in [4.78, 5) is 26.8. The fourth-order valence-electron chi connectivity index (χ4n) is 4.67. The van der Waals surface area contributed by atoms with Crippen LogP contribution in [-0.2, 0) is 10.2 Å². The Bertz CT molecular complexity index is 956. The number of likely N-dealkylation sites (tertiary alicyclic amines) is 1. The molecule has 0 aromatic heterocycles. The molecule has 2 aromatic rings. The van der Waals surface area contributed by atoms with E-state index in [1.165, 1.54) is 44.7 Å². The van der Waals surface area contributed by atoms with Crippen LogP contribution >= 0.6 is 0 Å². The van der Waals surface area contributed by atoms with Crippen LogP contribution in [0.25, 0.3) is 0 Å². The zero-order chi connectivity index (χ0) is 23.8. The fourth-order valence-corrected chi connectivity index (χ4v) is 4.67. The van der Waals surface area contributed by atoms with Gasteiger partial charge in [-0.05, 0) is 67.1 Å². The molecule has 3 rings (SSSR count). The smallest absolute Gasteiger partial charge is 0.347 e. The summed E-state index contributed by atoms with van der Waals surface area (Å²) in [6.45, 7) is 11.6. The van der Waals surface area contributed by atoms with Gasteiger partial charge in [0.05, 0.1) is 0 Å². The first-order valence-corrected chi connectivity index (χ1v) is 12.2. The van der Waals surface area contributed by atoms with Gasteiger partial charge in [-0.1, -0.05) is 64.3 Å². The molecule has 5 nitrogen and oxygen atoms in total. The molecule has 0 saturated carbocycles. The highest BCUT2D eigenvalue weighted by molar-refractivity contribution is 5.94. The van der Waals surface area contributed by atoms with Crippen molar-refractivity contribution in [3.05, 3.63) is 59.7 Å². The molecule has 2 aromatic carbocycles. The van der Waals surface area contributed by atoms with Gasteiger partial charge < -0.3 is 14.4 Å². The van der Waals surface area contributed by atoms with Gasteiger partial charge in [0, 0.05) is 13.5 Å². The van der Waals surface area contributed by atoms with Crippen molar-refractivity contribution in [2.75, 3.05) is 19.6 Å². The van der Waals surface area contributed by atoms with Gasteiger partial charge in [-0.15, -0.1) is 0 Å². The minimum Gasteiger partial charge on any atom is -0.426 e. The summed E-state index contributed by atoms with van der Waals surface area (Å²) in [5, 5.41) is 0. The molecule has 0 amide bonds. The van der Waals surface area contributed by atoms with E-state index in [4.69, 9.17) is 9.47 Å². The second-order valence-corrected chi connectivity index (χ2v) is 9.44. The molecule has 0 aliphatic carbocycles. The standard InChI is InChI=1S/C28H37NO4/c1-5-6-7-10-17-29-18-16-28(4,21(2)20-29)23-12-11-13-24(19-23)33-27(31)25-14-8-9-15-26(25)32-22(3)30/h8-9,11-15,19,21H,5-7,10,16-18,20H2,1-4H3. The number of unbranched alkanes of at least 4 members (excludes halogenated alkanes) is 3. The van der Waals surface area contributed by atoms with E-state index in [0.29, 0.717) is 11.7 Å². The molecule has 1 saturated heterocycles. The van der Waals surface area contributed by atoms with Crippen LogP contribution < -0.4 is 9.47 Å². The van der Waals surface area contributed by atoms with E-state index in [1.807, 2.05) is 12.1 Å². The van der Waals surface area contributed by atoms with Crippen molar-refractivity contribution in [1.82, 2.24) is 4.90 Å². The molecular weight excluding hydrogens is 414 g/mol. The first kappa shape index (κ1) is 25.0. The first-order chi connectivity index (χ1) is 15.8. The van der Waals surface area contributed by atoms with Crippen molar-refractivity contribution in [3.63, 3.8) is 0 Å². The summed E-state index contributed by atoms with van der Waals surface area (Å²) in [5.74, 6) is 0.191. The minimum absolute atomic E-state index is 0.0258. The zero-order valence-corrected chi connectivity index (χ0v) is 20.4.